The van der Waals surface area contributed by atoms with E-state index in [4.69, 9.17) is 4.74 Å². The van der Waals surface area contributed by atoms with Crippen LogP contribution < -0.4 is 5.32 Å². The number of hydrogen-bond donors (Lipinski definition) is 2. The average molecular weight is 552 g/mol. The van der Waals surface area contributed by atoms with E-state index in [9.17, 15) is 14.3 Å². The van der Waals surface area contributed by atoms with Crippen molar-refractivity contribution in [2.75, 3.05) is 6.54 Å². The molecule has 0 aliphatic heterocycles. The summed E-state index contributed by atoms with van der Waals surface area (Å²) < 4.78 is 20.8. The first-order valence-electron chi connectivity index (χ1n) is 15.3. The fraction of sp³-hybridized carbons (Fsp3) is 0.629. The predicted octanol–water partition coefficient (Wildman–Crippen LogP) is 8.44. The van der Waals surface area contributed by atoms with Crippen LogP contribution in [0.1, 0.15) is 128 Å². The normalized spacial score (nSPS) is 24.1. The van der Waals surface area contributed by atoms with Crippen LogP contribution >= 0.6 is 0 Å². The zero-order valence-corrected chi connectivity index (χ0v) is 25.6. The first-order chi connectivity index (χ1) is 18.7. The summed E-state index contributed by atoms with van der Waals surface area (Å²) in [4.78, 5) is 12.3. The third-order valence-corrected chi connectivity index (χ3v) is 9.35. The lowest BCUT2D eigenvalue weighted by Crippen LogP contribution is -2.54. The van der Waals surface area contributed by atoms with Gasteiger partial charge in [-0.05, 0) is 90.3 Å². The lowest BCUT2D eigenvalue weighted by atomic mass is 9.77. The smallest absolute Gasteiger partial charge is 0.323 e. The highest BCUT2D eigenvalue weighted by Gasteiger charge is 2.43. The number of ether oxygens (including phenoxy) is 1. The molecule has 0 bridgehead atoms. The molecule has 2 aliphatic rings. The highest BCUT2D eigenvalue weighted by molar-refractivity contribution is 5.78. The Morgan fingerprint density at radius 1 is 1.00 bits per heavy atom. The van der Waals surface area contributed by atoms with Crippen molar-refractivity contribution in [2.24, 2.45) is 5.92 Å². The molecule has 0 aromatic heterocycles. The zero-order valence-electron chi connectivity index (χ0n) is 25.6. The Labute approximate surface area is 241 Å². The molecular weight excluding hydrogens is 501 g/mol. The van der Waals surface area contributed by atoms with Gasteiger partial charge in [-0.2, -0.15) is 0 Å². The monoisotopic (exact) mass is 551 g/mol. The molecule has 0 heterocycles. The van der Waals surface area contributed by atoms with Crippen LogP contribution in [-0.4, -0.2) is 29.3 Å². The maximum absolute atomic E-state index is 13.9. The van der Waals surface area contributed by atoms with Gasteiger partial charge in [-0.1, -0.05) is 91.1 Å². The van der Waals surface area contributed by atoms with E-state index in [-0.39, 0.29) is 40.7 Å². The van der Waals surface area contributed by atoms with Crippen molar-refractivity contribution in [2.45, 2.75) is 128 Å². The first kappa shape index (κ1) is 30.7. The number of halogens is 1. The highest BCUT2D eigenvalue weighted by atomic mass is 19.1. The molecule has 0 spiro atoms. The van der Waals surface area contributed by atoms with E-state index in [1.807, 2.05) is 12.1 Å². The molecule has 0 amide bonds. The number of nitrogens with one attached hydrogen (secondary N) is 1. The third kappa shape index (κ3) is 6.79. The Morgan fingerprint density at radius 3 is 2.23 bits per heavy atom. The number of rotatable bonds is 8. The molecule has 2 aliphatic carbocycles. The second-order valence-electron chi connectivity index (χ2n) is 14.4. The average Bonchev–Trinajstić information content (AvgIpc) is 3.29. The minimum atomic E-state index is -0.839. The van der Waals surface area contributed by atoms with E-state index >= 15 is 0 Å². The van der Waals surface area contributed by atoms with E-state index in [1.165, 1.54) is 28.8 Å². The minimum Gasteiger partial charge on any atom is -0.480 e. The molecule has 2 N–H and O–H groups in total. The minimum absolute atomic E-state index is 0.0299. The largest absolute Gasteiger partial charge is 0.480 e. The Morgan fingerprint density at radius 2 is 1.65 bits per heavy atom. The fourth-order valence-electron chi connectivity index (χ4n) is 6.90. The van der Waals surface area contributed by atoms with Gasteiger partial charge in [-0.3, -0.25) is 4.79 Å². The molecule has 220 valence electrons. The molecule has 2 aromatic rings. The van der Waals surface area contributed by atoms with Crippen molar-refractivity contribution in [3.63, 3.8) is 0 Å². The molecular formula is C35H50FNO3. The maximum Gasteiger partial charge on any atom is 0.323 e. The second kappa shape index (κ2) is 11.9. The quantitative estimate of drug-likeness (QED) is 0.346. The Bertz CT molecular complexity index is 1150. The zero-order chi connectivity index (χ0) is 29.3. The first-order valence-corrected chi connectivity index (χ1v) is 15.3. The Kier molecular flexibility index (Phi) is 9.16. The van der Waals surface area contributed by atoms with Gasteiger partial charge in [0.15, 0.2) is 0 Å². The number of carboxylic acids is 1. The summed E-state index contributed by atoms with van der Waals surface area (Å²) >= 11 is 0. The van der Waals surface area contributed by atoms with Crippen molar-refractivity contribution in [3.8, 4) is 0 Å². The molecule has 2 aromatic carbocycles. The van der Waals surface area contributed by atoms with Crippen molar-refractivity contribution in [1.29, 1.82) is 0 Å². The molecule has 0 radical (unpaired) electrons. The topological polar surface area (TPSA) is 58.6 Å². The number of aliphatic carboxylic acids is 1. The van der Waals surface area contributed by atoms with Crippen LogP contribution in [0, 0.1) is 11.7 Å². The van der Waals surface area contributed by atoms with Crippen LogP contribution in [0.4, 0.5) is 4.39 Å². The van der Waals surface area contributed by atoms with E-state index < -0.39 is 11.5 Å². The SMILES string of the molecule is CC(OC1CCC(CNC2(C(=O)O)CCCCC2)C1c1ccc(F)cc1)c1ccc(C(C)(C)C)cc1C(C)(C)C. The summed E-state index contributed by atoms with van der Waals surface area (Å²) in [6, 6.07) is 13.6. The van der Waals surface area contributed by atoms with Crippen LogP contribution in [0.2, 0.25) is 0 Å². The molecule has 40 heavy (non-hydrogen) atoms. The summed E-state index contributed by atoms with van der Waals surface area (Å²) in [7, 11) is 0. The number of hydrogen-bond acceptors (Lipinski definition) is 3. The van der Waals surface area contributed by atoms with Gasteiger partial charge < -0.3 is 15.2 Å². The maximum atomic E-state index is 13.9. The Hall–Kier alpha value is -2.24. The summed E-state index contributed by atoms with van der Waals surface area (Å²) in [6.07, 6.45) is 6.03. The van der Waals surface area contributed by atoms with Gasteiger partial charge >= 0.3 is 5.97 Å². The van der Waals surface area contributed by atoms with E-state index in [2.05, 4.69) is 72.0 Å². The van der Waals surface area contributed by atoms with Crippen LogP contribution in [0.3, 0.4) is 0 Å². The van der Waals surface area contributed by atoms with Crippen LogP contribution in [-0.2, 0) is 20.4 Å². The summed E-state index contributed by atoms with van der Waals surface area (Å²) in [5.41, 5.74) is 4.10. The Balaban J connectivity index is 1.60. The lowest BCUT2D eigenvalue weighted by Gasteiger charge is -2.36. The summed E-state index contributed by atoms with van der Waals surface area (Å²) in [5.74, 6) is -0.704. The second-order valence-corrected chi connectivity index (χ2v) is 14.4. The van der Waals surface area contributed by atoms with E-state index in [0.29, 0.717) is 19.4 Å². The van der Waals surface area contributed by atoms with E-state index in [0.717, 1.165) is 37.7 Å². The molecule has 5 heteroatoms. The summed E-state index contributed by atoms with van der Waals surface area (Å²) in [6.45, 7) is 16.3. The van der Waals surface area contributed by atoms with Crippen LogP contribution in [0.25, 0.3) is 0 Å². The molecule has 4 atom stereocenters. The third-order valence-electron chi connectivity index (χ3n) is 9.35. The van der Waals surface area contributed by atoms with Gasteiger partial charge in [0.05, 0.1) is 12.2 Å². The molecule has 4 rings (SSSR count). The molecule has 2 saturated carbocycles. The van der Waals surface area contributed by atoms with Gasteiger partial charge in [0.1, 0.15) is 11.4 Å². The van der Waals surface area contributed by atoms with Crippen LogP contribution in [0.15, 0.2) is 42.5 Å². The van der Waals surface area contributed by atoms with Crippen molar-refractivity contribution in [1.82, 2.24) is 5.32 Å². The molecule has 2 fully saturated rings. The number of carbonyl (C=O) groups is 1. The molecule has 4 unspecified atom stereocenters. The molecule has 0 saturated heterocycles. The highest BCUT2D eigenvalue weighted by Crippen LogP contribution is 2.45. The van der Waals surface area contributed by atoms with Gasteiger partial charge in [0.2, 0.25) is 0 Å². The van der Waals surface area contributed by atoms with Gasteiger partial charge in [0, 0.05) is 5.92 Å². The standard InChI is InChI=1S/C35H50FNO3/c1-23(28-17-14-26(33(2,3)4)21-29(28)34(5,6)7)40-30-18-13-25(31(30)24-11-15-27(36)16-12-24)22-37-35(32(38)39)19-9-8-10-20-35/h11-12,14-17,21,23,25,30-31,37H,8-10,13,18-20,22H2,1-7H3,(H,38,39). The number of benzene rings is 2. The number of carboxylic acid groups (broad SMARTS) is 1. The van der Waals surface area contributed by atoms with Gasteiger partial charge in [0.25, 0.3) is 0 Å². The van der Waals surface area contributed by atoms with Gasteiger partial charge in [-0.15, -0.1) is 0 Å². The molecule has 4 nitrogen and oxygen atoms in total. The van der Waals surface area contributed by atoms with E-state index in [1.54, 1.807) is 0 Å². The van der Waals surface area contributed by atoms with Gasteiger partial charge in [-0.25, -0.2) is 4.39 Å². The predicted molar refractivity (Wildman–Crippen MR) is 160 cm³/mol. The van der Waals surface area contributed by atoms with Crippen molar-refractivity contribution in [3.05, 3.63) is 70.5 Å². The van der Waals surface area contributed by atoms with Crippen molar-refractivity contribution >= 4 is 5.97 Å². The lowest BCUT2D eigenvalue weighted by molar-refractivity contribution is -0.146. The van der Waals surface area contributed by atoms with Crippen molar-refractivity contribution < 1.29 is 19.0 Å². The van der Waals surface area contributed by atoms with Crippen LogP contribution in [0.5, 0.6) is 0 Å². The summed E-state index contributed by atoms with van der Waals surface area (Å²) in [5, 5.41) is 13.6. The fourth-order valence-corrected chi connectivity index (χ4v) is 6.90.